The number of nitrogens with one attached hydrogen (secondary N) is 3. The van der Waals surface area contributed by atoms with Crippen LogP contribution < -0.4 is 16.6 Å². The van der Waals surface area contributed by atoms with E-state index in [2.05, 4.69) is 15.3 Å². The number of para-hydroxylation sites is 2. The number of carbonyl (C=O) groups is 2. The first kappa shape index (κ1) is 22.0. The maximum absolute atomic E-state index is 13.3. The zero-order valence-corrected chi connectivity index (χ0v) is 17.6. The minimum absolute atomic E-state index is 0.0661. The third kappa shape index (κ3) is 4.15. The van der Waals surface area contributed by atoms with Gasteiger partial charge in [0.15, 0.2) is 6.04 Å². The number of aromatic amines is 2. The molecule has 10 nitrogen and oxygen atoms in total. The van der Waals surface area contributed by atoms with E-state index in [1.807, 2.05) is 24.3 Å². The summed E-state index contributed by atoms with van der Waals surface area (Å²) >= 11 is 0. The van der Waals surface area contributed by atoms with Gasteiger partial charge in [-0.1, -0.05) is 30.3 Å². The van der Waals surface area contributed by atoms with Crippen LogP contribution in [0.2, 0.25) is 0 Å². The number of carboxylic acids is 1. The van der Waals surface area contributed by atoms with Gasteiger partial charge in [-0.2, -0.15) is 0 Å². The summed E-state index contributed by atoms with van der Waals surface area (Å²) in [5.41, 5.74) is 0.302. The van der Waals surface area contributed by atoms with Gasteiger partial charge in [-0.25, -0.2) is 14.2 Å². The van der Waals surface area contributed by atoms with E-state index >= 15 is 0 Å². The number of carbonyl (C=O) groups excluding carboxylic acids is 1. The largest absolute Gasteiger partial charge is 0.480 e. The molecule has 0 saturated heterocycles. The van der Waals surface area contributed by atoms with Crippen molar-refractivity contribution in [1.29, 1.82) is 0 Å². The quantitative estimate of drug-likeness (QED) is 0.282. The van der Waals surface area contributed by atoms with Crippen LogP contribution in [0.4, 0.5) is 0 Å². The lowest BCUT2D eigenvalue weighted by Crippen LogP contribution is -2.52. The molecule has 0 bridgehead atoms. The molecule has 0 aliphatic heterocycles. The Bertz CT molecular complexity index is 1470. The summed E-state index contributed by atoms with van der Waals surface area (Å²) < 4.78 is 0.792. The number of carboxylic acid groups (broad SMARTS) is 1. The molecule has 0 radical (unpaired) electrons. The summed E-state index contributed by atoms with van der Waals surface area (Å²) in [6.45, 7) is 1.22. The highest BCUT2D eigenvalue weighted by Crippen LogP contribution is 2.22. The van der Waals surface area contributed by atoms with E-state index in [-0.39, 0.29) is 11.8 Å². The topological polar surface area (TPSA) is 157 Å². The van der Waals surface area contributed by atoms with Crippen molar-refractivity contribution in [3.63, 3.8) is 0 Å². The monoisotopic (exact) mass is 450 g/mol. The second-order valence-corrected chi connectivity index (χ2v) is 7.80. The highest BCUT2D eigenvalue weighted by Gasteiger charge is 2.32. The van der Waals surface area contributed by atoms with E-state index in [0.717, 1.165) is 15.5 Å². The van der Waals surface area contributed by atoms with E-state index in [0.29, 0.717) is 11.1 Å². The van der Waals surface area contributed by atoms with Crippen LogP contribution in [0, 0.1) is 0 Å². The maximum Gasteiger partial charge on any atom is 0.329 e. The number of nitrogens with zero attached hydrogens (tertiary/aromatic N) is 1. The lowest BCUT2D eigenvalue weighted by atomic mass is 10.0. The van der Waals surface area contributed by atoms with Gasteiger partial charge in [-0.3, -0.25) is 9.59 Å². The number of aliphatic carboxylic acids is 1. The number of hydrogen-bond acceptors (Lipinski definition) is 5. The first-order valence-electron chi connectivity index (χ1n) is 10.3. The third-order valence-electron chi connectivity index (χ3n) is 5.59. The molecule has 3 atom stereocenters. The lowest BCUT2D eigenvalue weighted by molar-refractivity contribution is -0.145. The Balaban J connectivity index is 1.85. The molecule has 1 unspecified atom stereocenters. The van der Waals surface area contributed by atoms with Crippen molar-refractivity contribution in [1.82, 2.24) is 19.9 Å². The van der Waals surface area contributed by atoms with Crippen molar-refractivity contribution < 1.29 is 19.8 Å². The molecule has 10 heteroatoms. The molecular formula is C23H22N4O6. The van der Waals surface area contributed by atoms with Crippen molar-refractivity contribution in [3.05, 3.63) is 81.1 Å². The van der Waals surface area contributed by atoms with Crippen LogP contribution in [0.15, 0.2) is 64.3 Å². The Morgan fingerprint density at radius 3 is 2.33 bits per heavy atom. The molecule has 4 rings (SSSR count). The molecule has 2 heterocycles. The molecule has 0 aliphatic rings. The van der Waals surface area contributed by atoms with E-state index in [1.165, 1.54) is 13.0 Å². The molecule has 1 amide bonds. The Morgan fingerprint density at radius 2 is 1.67 bits per heavy atom. The predicted octanol–water partition coefficient (Wildman–Crippen LogP) is 0.905. The van der Waals surface area contributed by atoms with Crippen LogP contribution in [0.1, 0.15) is 18.5 Å². The van der Waals surface area contributed by atoms with Crippen LogP contribution >= 0.6 is 0 Å². The van der Waals surface area contributed by atoms with Gasteiger partial charge in [-0.15, -0.1) is 0 Å². The number of H-pyrrole nitrogens is 2. The summed E-state index contributed by atoms with van der Waals surface area (Å²) in [4.78, 5) is 56.6. The SMILES string of the molecule is CC(O)[C@@H](NC(=O)[C@@H](Cc1c[nH]c2ccccc12)n1c(=O)[nH]c2ccccc2c1=O)C(=O)O. The lowest BCUT2D eigenvalue weighted by Gasteiger charge is -2.23. The molecule has 0 aliphatic carbocycles. The molecule has 0 spiro atoms. The van der Waals surface area contributed by atoms with Crippen LogP contribution in [-0.2, 0) is 16.0 Å². The maximum atomic E-state index is 13.3. The van der Waals surface area contributed by atoms with Crippen LogP contribution in [0.25, 0.3) is 21.8 Å². The predicted molar refractivity (Wildman–Crippen MR) is 121 cm³/mol. The number of rotatable bonds is 7. The second-order valence-electron chi connectivity index (χ2n) is 7.80. The summed E-state index contributed by atoms with van der Waals surface area (Å²) in [5.74, 6) is -2.32. The fourth-order valence-electron chi connectivity index (χ4n) is 3.91. The fourth-order valence-corrected chi connectivity index (χ4v) is 3.91. The molecule has 0 saturated carbocycles. The second kappa shape index (κ2) is 8.75. The van der Waals surface area contributed by atoms with Gasteiger partial charge in [0, 0.05) is 23.5 Å². The number of aliphatic hydroxyl groups excluding tert-OH is 1. The number of hydrogen-bond donors (Lipinski definition) is 5. The standard InChI is InChI=1S/C23H22N4O6/c1-12(28)19(22(31)32)26-20(29)18(10-13-11-24-16-8-4-2-6-14(13)16)27-21(30)15-7-3-5-9-17(15)25-23(27)33/h2-9,11-12,18-19,24,28H,10H2,1H3,(H,25,33)(H,26,29)(H,31,32)/t12?,18-,19-/m1/s1. The van der Waals surface area contributed by atoms with Gasteiger partial charge in [-0.05, 0) is 30.7 Å². The Labute approximate surface area is 186 Å². The molecular weight excluding hydrogens is 428 g/mol. The molecule has 170 valence electrons. The van der Waals surface area contributed by atoms with Gasteiger partial charge < -0.3 is 25.5 Å². The van der Waals surface area contributed by atoms with Crippen molar-refractivity contribution in [3.8, 4) is 0 Å². The number of amides is 1. The smallest absolute Gasteiger partial charge is 0.329 e. The van der Waals surface area contributed by atoms with Crippen molar-refractivity contribution in [2.24, 2.45) is 0 Å². The van der Waals surface area contributed by atoms with Crippen LogP contribution in [-0.4, -0.2) is 48.8 Å². The van der Waals surface area contributed by atoms with Crippen molar-refractivity contribution >= 4 is 33.7 Å². The fraction of sp³-hybridized carbons (Fsp3) is 0.217. The highest BCUT2D eigenvalue weighted by molar-refractivity contribution is 5.88. The molecule has 0 fully saturated rings. The first-order valence-corrected chi connectivity index (χ1v) is 10.3. The summed E-state index contributed by atoms with van der Waals surface area (Å²) in [5, 5.41) is 22.4. The summed E-state index contributed by atoms with van der Waals surface area (Å²) in [7, 11) is 0. The van der Waals surface area contributed by atoms with E-state index < -0.39 is 41.3 Å². The van der Waals surface area contributed by atoms with Gasteiger partial charge in [0.2, 0.25) is 5.91 Å². The Kier molecular flexibility index (Phi) is 5.84. The van der Waals surface area contributed by atoms with E-state index in [9.17, 15) is 29.4 Å². The average molecular weight is 450 g/mol. The molecule has 33 heavy (non-hydrogen) atoms. The zero-order chi connectivity index (χ0) is 23.7. The van der Waals surface area contributed by atoms with Crippen LogP contribution in [0.3, 0.4) is 0 Å². The number of benzene rings is 2. The normalized spacial score (nSPS) is 14.1. The third-order valence-corrected chi connectivity index (χ3v) is 5.59. The van der Waals surface area contributed by atoms with Gasteiger partial charge >= 0.3 is 11.7 Å². The highest BCUT2D eigenvalue weighted by atomic mass is 16.4. The minimum Gasteiger partial charge on any atom is -0.480 e. The minimum atomic E-state index is -1.61. The van der Waals surface area contributed by atoms with Gasteiger partial charge in [0.05, 0.1) is 17.0 Å². The number of aliphatic hydroxyl groups is 1. The average Bonchev–Trinajstić information content (AvgIpc) is 3.19. The van der Waals surface area contributed by atoms with Gasteiger partial charge in [0.1, 0.15) is 6.04 Å². The zero-order valence-electron chi connectivity index (χ0n) is 17.6. The van der Waals surface area contributed by atoms with E-state index in [1.54, 1.807) is 24.4 Å². The van der Waals surface area contributed by atoms with Gasteiger partial charge in [0.25, 0.3) is 5.56 Å². The van der Waals surface area contributed by atoms with E-state index in [4.69, 9.17) is 0 Å². The Morgan fingerprint density at radius 1 is 1.03 bits per heavy atom. The summed E-state index contributed by atoms with van der Waals surface area (Å²) in [6, 6.07) is 10.8. The van der Waals surface area contributed by atoms with Crippen molar-refractivity contribution in [2.45, 2.75) is 31.5 Å². The Hall–Kier alpha value is -4.18. The number of aromatic nitrogens is 3. The molecule has 2 aromatic carbocycles. The number of fused-ring (bicyclic) bond motifs is 2. The van der Waals surface area contributed by atoms with Crippen molar-refractivity contribution in [2.75, 3.05) is 0 Å². The summed E-state index contributed by atoms with van der Waals surface area (Å²) in [6.07, 6.45) is 0.213. The molecule has 2 aromatic heterocycles. The molecule has 5 N–H and O–H groups in total. The van der Waals surface area contributed by atoms with Crippen LogP contribution in [0.5, 0.6) is 0 Å². The molecule has 4 aromatic rings. The first-order chi connectivity index (χ1) is 15.8.